The minimum atomic E-state index is -0.397. The van der Waals surface area contributed by atoms with Crippen LogP contribution in [0.2, 0.25) is 0 Å². The van der Waals surface area contributed by atoms with Crippen LogP contribution in [0.15, 0.2) is 18.2 Å². The summed E-state index contributed by atoms with van der Waals surface area (Å²) in [5.41, 5.74) is 7.21. The van der Waals surface area contributed by atoms with Gasteiger partial charge in [-0.1, -0.05) is 38.7 Å². The maximum Gasteiger partial charge on any atom is 0.240 e. The number of benzene rings is 1. The van der Waals surface area contributed by atoms with E-state index in [4.69, 9.17) is 15.2 Å². The van der Waals surface area contributed by atoms with Gasteiger partial charge in [-0.3, -0.25) is 4.79 Å². The highest BCUT2D eigenvalue weighted by molar-refractivity contribution is 5.85. The van der Waals surface area contributed by atoms with E-state index in [0.717, 1.165) is 42.7 Å². The minimum Gasteiger partial charge on any atom is -0.454 e. The van der Waals surface area contributed by atoms with E-state index in [1.54, 1.807) is 0 Å². The van der Waals surface area contributed by atoms with Crippen molar-refractivity contribution in [1.29, 1.82) is 0 Å². The average Bonchev–Trinajstić information content (AvgIpc) is 3.08. The Hall–Kier alpha value is -1.46. The first-order valence-corrected chi connectivity index (χ1v) is 9.13. The molecule has 1 aliphatic heterocycles. The lowest BCUT2D eigenvalue weighted by atomic mass is 9.93. The van der Waals surface area contributed by atoms with Gasteiger partial charge in [-0.2, -0.15) is 0 Å². The second kappa shape index (κ2) is 9.30. The Bertz CT molecular complexity index is 576. The number of fused-ring (bicyclic) bond motifs is 1. The van der Waals surface area contributed by atoms with E-state index >= 15 is 0 Å². The van der Waals surface area contributed by atoms with E-state index < -0.39 is 6.04 Å². The van der Waals surface area contributed by atoms with E-state index in [9.17, 15) is 4.79 Å². The Balaban J connectivity index is 0.00000225. The molecule has 3 rings (SSSR count). The average molecular weight is 369 g/mol. The number of rotatable bonds is 6. The number of halogens is 1. The maximum atomic E-state index is 12.9. The van der Waals surface area contributed by atoms with Crippen molar-refractivity contribution in [2.75, 3.05) is 6.79 Å². The zero-order chi connectivity index (χ0) is 16.9. The predicted octanol–water partition coefficient (Wildman–Crippen LogP) is 3.63. The summed E-state index contributed by atoms with van der Waals surface area (Å²) in [6.07, 6.45) is 7.48. The Labute approximate surface area is 156 Å². The van der Waals surface area contributed by atoms with E-state index in [1.807, 2.05) is 23.1 Å². The van der Waals surface area contributed by atoms with Crippen LogP contribution in [0.3, 0.4) is 0 Å². The molecule has 0 radical (unpaired) electrons. The van der Waals surface area contributed by atoms with Crippen LogP contribution in [-0.2, 0) is 11.3 Å². The lowest BCUT2D eigenvalue weighted by Gasteiger charge is -2.36. The highest BCUT2D eigenvalue weighted by Gasteiger charge is 2.29. The molecule has 1 amide bonds. The zero-order valence-electron chi connectivity index (χ0n) is 14.9. The fourth-order valence-corrected chi connectivity index (χ4v) is 3.66. The highest BCUT2D eigenvalue weighted by atomic mass is 35.5. The fourth-order valence-electron chi connectivity index (χ4n) is 3.66. The molecule has 6 heteroatoms. The van der Waals surface area contributed by atoms with Crippen molar-refractivity contribution in [2.45, 2.75) is 70.5 Å². The molecule has 1 aromatic rings. The second-order valence-corrected chi connectivity index (χ2v) is 6.84. The lowest BCUT2D eigenvalue weighted by molar-refractivity contribution is -0.136. The summed E-state index contributed by atoms with van der Waals surface area (Å²) < 4.78 is 10.8. The van der Waals surface area contributed by atoms with Gasteiger partial charge in [0.25, 0.3) is 0 Å². The molecule has 1 saturated carbocycles. The van der Waals surface area contributed by atoms with Crippen molar-refractivity contribution in [3.8, 4) is 11.5 Å². The summed E-state index contributed by atoms with van der Waals surface area (Å²) in [4.78, 5) is 14.9. The first-order chi connectivity index (χ1) is 11.7. The van der Waals surface area contributed by atoms with Crippen molar-refractivity contribution in [1.82, 2.24) is 4.90 Å². The lowest BCUT2D eigenvalue weighted by Crippen LogP contribution is -2.48. The van der Waals surface area contributed by atoms with Crippen molar-refractivity contribution >= 4 is 18.3 Å². The van der Waals surface area contributed by atoms with Gasteiger partial charge in [-0.25, -0.2) is 0 Å². The molecule has 0 spiro atoms. The topological polar surface area (TPSA) is 64.8 Å². The number of hydrogen-bond acceptors (Lipinski definition) is 4. The van der Waals surface area contributed by atoms with Gasteiger partial charge >= 0.3 is 0 Å². The molecule has 2 N–H and O–H groups in total. The molecule has 1 fully saturated rings. The van der Waals surface area contributed by atoms with Crippen molar-refractivity contribution in [2.24, 2.45) is 5.73 Å². The normalized spacial score (nSPS) is 17.7. The van der Waals surface area contributed by atoms with Gasteiger partial charge in [0.1, 0.15) is 0 Å². The minimum absolute atomic E-state index is 0. The number of carbonyl (C=O) groups excluding carboxylic acids is 1. The molecule has 1 atom stereocenters. The number of carbonyl (C=O) groups is 1. The van der Waals surface area contributed by atoms with Gasteiger partial charge in [-0.15, -0.1) is 12.4 Å². The number of ether oxygens (including phenoxy) is 2. The highest BCUT2D eigenvalue weighted by Crippen LogP contribution is 2.33. The monoisotopic (exact) mass is 368 g/mol. The molecule has 0 saturated heterocycles. The van der Waals surface area contributed by atoms with Crippen LogP contribution in [0.1, 0.15) is 57.4 Å². The molecule has 2 aliphatic rings. The first-order valence-electron chi connectivity index (χ1n) is 9.13. The summed E-state index contributed by atoms with van der Waals surface area (Å²) in [7, 11) is 0. The third-order valence-electron chi connectivity index (χ3n) is 5.01. The third kappa shape index (κ3) is 4.79. The summed E-state index contributed by atoms with van der Waals surface area (Å²) in [6, 6.07) is 5.83. The van der Waals surface area contributed by atoms with Crippen LogP contribution in [-0.4, -0.2) is 29.7 Å². The fraction of sp³-hybridized carbons (Fsp3) is 0.632. The molecular weight excluding hydrogens is 340 g/mol. The number of nitrogens with two attached hydrogens (primary N) is 1. The largest absolute Gasteiger partial charge is 0.454 e. The maximum absolute atomic E-state index is 12.9. The molecule has 0 bridgehead atoms. The van der Waals surface area contributed by atoms with E-state index in [-0.39, 0.29) is 25.1 Å². The number of amides is 1. The molecule has 1 aromatic carbocycles. The van der Waals surface area contributed by atoms with Crippen molar-refractivity contribution in [3.63, 3.8) is 0 Å². The van der Waals surface area contributed by atoms with Gasteiger partial charge in [-0.05, 0) is 37.0 Å². The van der Waals surface area contributed by atoms with E-state index in [2.05, 4.69) is 6.92 Å². The zero-order valence-corrected chi connectivity index (χ0v) is 15.7. The molecule has 25 heavy (non-hydrogen) atoms. The smallest absolute Gasteiger partial charge is 0.240 e. The Morgan fingerprint density at radius 3 is 2.68 bits per heavy atom. The first kappa shape index (κ1) is 19.9. The third-order valence-corrected chi connectivity index (χ3v) is 5.01. The predicted molar refractivity (Wildman–Crippen MR) is 100 cm³/mol. The summed E-state index contributed by atoms with van der Waals surface area (Å²) in [6.45, 7) is 2.93. The van der Waals surface area contributed by atoms with Gasteiger partial charge in [0.15, 0.2) is 11.5 Å². The molecule has 5 nitrogen and oxygen atoms in total. The molecular formula is C19H29ClN2O3. The number of hydrogen-bond donors (Lipinski definition) is 1. The molecule has 0 aromatic heterocycles. The summed E-state index contributed by atoms with van der Waals surface area (Å²) in [5, 5.41) is 0. The van der Waals surface area contributed by atoms with Crippen LogP contribution >= 0.6 is 12.4 Å². The van der Waals surface area contributed by atoms with Crippen LogP contribution < -0.4 is 15.2 Å². The SMILES string of the molecule is CCCC(N)C(=O)N(Cc1ccc2c(c1)OCO2)C1CCCCC1.Cl. The van der Waals surface area contributed by atoms with Crippen LogP contribution in [0, 0.1) is 0 Å². The summed E-state index contributed by atoms with van der Waals surface area (Å²) in [5.74, 6) is 1.62. The molecule has 1 unspecified atom stereocenters. The van der Waals surface area contributed by atoms with E-state index in [0.29, 0.717) is 12.6 Å². The van der Waals surface area contributed by atoms with Crippen LogP contribution in [0.25, 0.3) is 0 Å². The van der Waals surface area contributed by atoms with Crippen LogP contribution in [0.5, 0.6) is 11.5 Å². The van der Waals surface area contributed by atoms with Crippen LogP contribution in [0.4, 0.5) is 0 Å². The molecule has 1 heterocycles. The Kier molecular flexibility index (Phi) is 7.38. The standard InChI is InChI=1S/C19H28N2O3.ClH/c1-2-6-16(20)19(22)21(15-7-4-3-5-8-15)12-14-9-10-17-18(11-14)24-13-23-17;/h9-11,15-16H,2-8,12-13,20H2,1H3;1H. The van der Waals surface area contributed by atoms with Gasteiger partial charge in [0.2, 0.25) is 12.7 Å². The Morgan fingerprint density at radius 2 is 1.96 bits per heavy atom. The van der Waals surface area contributed by atoms with E-state index in [1.165, 1.54) is 19.3 Å². The molecule has 140 valence electrons. The number of nitrogens with zero attached hydrogens (tertiary/aromatic N) is 1. The summed E-state index contributed by atoms with van der Waals surface area (Å²) >= 11 is 0. The Morgan fingerprint density at radius 1 is 1.24 bits per heavy atom. The van der Waals surface area contributed by atoms with Gasteiger partial charge in [0, 0.05) is 12.6 Å². The van der Waals surface area contributed by atoms with Crippen molar-refractivity contribution in [3.05, 3.63) is 23.8 Å². The quantitative estimate of drug-likeness (QED) is 0.832. The van der Waals surface area contributed by atoms with Gasteiger partial charge in [0.05, 0.1) is 6.04 Å². The van der Waals surface area contributed by atoms with Crippen molar-refractivity contribution < 1.29 is 14.3 Å². The second-order valence-electron chi connectivity index (χ2n) is 6.84. The molecule has 1 aliphatic carbocycles. The van der Waals surface area contributed by atoms with Gasteiger partial charge < -0.3 is 20.1 Å².